The number of ether oxygens (including phenoxy) is 1. The van der Waals surface area contributed by atoms with Crippen molar-refractivity contribution in [2.75, 3.05) is 13.2 Å². The number of carboxylic acid groups (broad SMARTS) is 1. The van der Waals surface area contributed by atoms with E-state index in [1.165, 1.54) is 0 Å². The molecule has 0 aliphatic carbocycles. The van der Waals surface area contributed by atoms with Crippen LogP contribution < -0.4 is 5.32 Å². The van der Waals surface area contributed by atoms with Gasteiger partial charge in [-0.25, -0.2) is 0 Å². The normalized spacial score (nSPS) is 18.7. The number of rotatable bonds is 5. The van der Waals surface area contributed by atoms with E-state index < -0.39 is 11.5 Å². The van der Waals surface area contributed by atoms with Gasteiger partial charge >= 0.3 is 5.97 Å². The molecule has 0 unspecified atom stereocenters. The lowest BCUT2D eigenvalue weighted by molar-refractivity contribution is -0.140. The van der Waals surface area contributed by atoms with Crippen LogP contribution >= 0.6 is 0 Å². The molecule has 1 amide bonds. The molecule has 1 aromatic carbocycles. The summed E-state index contributed by atoms with van der Waals surface area (Å²) in [6, 6.07) is 9.48. The topological polar surface area (TPSA) is 75.6 Å². The Bertz CT molecular complexity index is 494. The summed E-state index contributed by atoms with van der Waals surface area (Å²) in [5.74, 6) is -1.34. The van der Waals surface area contributed by atoms with Gasteiger partial charge in [0.15, 0.2) is 0 Å². The molecule has 114 valence electrons. The van der Waals surface area contributed by atoms with Crippen LogP contribution in [0.5, 0.6) is 0 Å². The number of nitrogens with one attached hydrogen (secondary N) is 1. The highest BCUT2D eigenvalue weighted by atomic mass is 16.5. The lowest BCUT2D eigenvalue weighted by Crippen LogP contribution is -2.54. The van der Waals surface area contributed by atoms with Crippen molar-refractivity contribution in [1.29, 1.82) is 0 Å². The Kier molecular flexibility index (Phi) is 4.96. The van der Waals surface area contributed by atoms with E-state index in [2.05, 4.69) is 5.32 Å². The van der Waals surface area contributed by atoms with Crippen molar-refractivity contribution in [1.82, 2.24) is 5.32 Å². The van der Waals surface area contributed by atoms with Gasteiger partial charge in [0.1, 0.15) is 0 Å². The van der Waals surface area contributed by atoms with Gasteiger partial charge in [-0.2, -0.15) is 0 Å². The molecule has 1 aliphatic heterocycles. The van der Waals surface area contributed by atoms with E-state index in [0.29, 0.717) is 26.1 Å². The molecule has 2 rings (SSSR count). The molecule has 1 atom stereocenters. The van der Waals surface area contributed by atoms with Gasteiger partial charge in [-0.3, -0.25) is 9.59 Å². The number of carbonyl (C=O) groups excluding carboxylic acids is 1. The van der Waals surface area contributed by atoms with Crippen molar-refractivity contribution < 1.29 is 19.4 Å². The van der Waals surface area contributed by atoms with Crippen molar-refractivity contribution >= 4 is 11.9 Å². The summed E-state index contributed by atoms with van der Waals surface area (Å²) in [7, 11) is 0. The van der Waals surface area contributed by atoms with Crippen LogP contribution in [0.2, 0.25) is 0 Å². The molecule has 2 N–H and O–H groups in total. The second-order valence-corrected chi connectivity index (χ2v) is 5.58. The molecular weight excluding hydrogens is 270 g/mol. The first-order chi connectivity index (χ1) is 10.0. The monoisotopic (exact) mass is 291 g/mol. The molecular formula is C16H21NO4. The molecule has 0 aromatic heterocycles. The molecule has 1 heterocycles. The highest BCUT2D eigenvalue weighted by Crippen LogP contribution is 2.26. The summed E-state index contributed by atoms with van der Waals surface area (Å²) in [4.78, 5) is 23.6. The summed E-state index contributed by atoms with van der Waals surface area (Å²) in [6.07, 6.45) is 1.00. The van der Waals surface area contributed by atoms with E-state index in [0.717, 1.165) is 5.56 Å². The maximum absolute atomic E-state index is 12.5. The Labute approximate surface area is 124 Å². The van der Waals surface area contributed by atoms with Gasteiger partial charge in [0.2, 0.25) is 5.91 Å². The first-order valence-corrected chi connectivity index (χ1v) is 7.19. The summed E-state index contributed by atoms with van der Waals surface area (Å²) in [5.41, 5.74) is 0.233. The van der Waals surface area contributed by atoms with Crippen LogP contribution in [0, 0.1) is 0 Å². The third-order valence-corrected chi connectivity index (χ3v) is 4.02. The van der Waals surface area contributed by atoms with Crippen LogP contribution in [0.1, 0.15) is 37.7 Å². The zero-order valence-corrected chi connectivity index (χ0v) is 12.2. The van der Waals surface area contributed by atoms with Gasteiger partial charge in [0.25, 0.3) is 0 Å². The number of aliphatic carboxylic acids is 1. The molecule has 5 heteroatoms. The second-order valence-electron chi connectivity index (χ2n) is 5.58. The zero-order valence-electron chi connectivity index (χ0n) is 12.2. The Morgan fingerprint density at radius 3 is 2.48 bits per heavy atom. The quantitative estimate of drug-likeness (QED) is 0.869. The lowest BCUT2D eigenvalue weighted by Gasteiger charge is -2.37. The summed E-state index contributed by atoms with van der Waals surface area (Å²) >= 11 is 0. The molecule has 1 aliphatic rings. The van der Waals surface area contributed by atoms with Gasteiger partial charge in [-0.05, 0) is 25.3 Å². The van der Waals surface area contributed by atoms with E-state index in [1.807, 2.05) is 37.3 Å². The highest BCUT2D eigenvalue weighted by Gasteiger charge is 2.37. The Morgan fingerprint density at radius 1 is 1.29 bits per heavy atom. The zero-order chi connectivity index (χ0) is 15.3. The SMILES string of the molecule is C[C@H](C(=O)NC1(CC(=O)O)CCOCC1)c1ccccc1. The van der Waals surface area contributed by atoms with E-state index in [4.69, 9.17) is 9.84 Å². The summed E-state index contributed by atoms with van der Waals surface area (Å²) in [6.45, 7) is 2.79. The molecule has 1 aromatic rings. The first kappa shape index (κ1) is 15.5. The van der Waals surface area contributed by atoms with Crippen molar-refractivity contribution in [3.63, 3.8) is 0 Å². The average Bonchev–Trinajstić information content (AvgIpc) is 2.47. The van der Waals surface area contributed by atoms with Crippen LogP contribution in [-0.2, 0) is 14.3 Å². The maximum Gasteiger partial charge on any atom is 0.305 e. The van der Waals surface area contributed by atoms with Gasteiger partial charge in [-0.1, -0.05) is 30.3 Å². The number of benzene rings is 1. The number of hydrogen-bond acceptors (Lipinski definition) is 3. The van der Waals surface area contributed by atoms with Crippen molar-refractivity contribution in [2.45, 2.75) is 37.6 Å². The third-order valence-electron chi connectivity index (χ3n) is 4.02. The maximum atomic E-state index is 12.5. The molecule has 21 heavy (non-hydrogen) atoms. The van der Waals surface area contributed by atoms with Gasteiger partial charge in [0, 0.05) is 13.2 Å². The standard InChI is InChI=1S/C16H21NO4/c1-12(13-5-3-2-4-6-13)15(20)17-16(11-14(18)19)7-9-21-10-8-16/h2-6,12H,7-11H2,1H3,(H,17,20)(H,18,19)/t12-/m0/s1. The molecule has 1 saturated heterocycles. The van der Waals surface area contributed by atoms with Crippen LogP contribution in [0.4, 0.5) is 0 Å². The fourth-order valence-corrected chi connectivity index (χ4v) is 2.66. The highest BCUT2D eigenvalue weighted by molar-refractivity contribution is 5.84. The summed E-state index contributed by atoms with van der Waals surface area (Å²) in [5, 5.41) is 12.1. The molecule has 5 nitrogen and oxygen atoms in total. The van der Waals surface area contributed by atoms with E-state index in [-0.39, 0.29) is 18.2 Å². The molecule has 0 bridgehead atoms. The van der Waals surface area contributed by atoms with Crippen molar-refractivity contribution in [3.05, 3.63) is 35.9 Å². The van der Waals surface area contributed by atoms with E-state index in [9.17, 15) is 9.59 Å². The minimum atomic E-state index is -0.899. The van der Waals surface area contributed by atoms with Crippen LogP contribution in [0.3, 0.4) is 0 Å². The van der Waals surface area contributed by atoms with E-state index >= 15 is 0 Å². The molecule has 0 spiro atoms. The summed E-state index contributed by atoms with van der Waals surface area (Å²) < 4.78 is 5.29. The van der Waals surface area contributed by atoms with Crippen molar-refractivity contribution in [2.24, 2.45) is 0 Å². The minimum absolute atomic E-state index is 0.0659. The number of amides is 1. The van der Waals surface area contributed by atoms with Crippen LogP contribution in [0.25, 0.3) is 0 Å². The van der Waals surface area contributed by atoms with Crippen molar-refractivity contribution in [3.8, 4) is 0 Å². The second kappa shape index (κ2) is 6.72. The number of carbonyl (C=O) groups is 2. The number of carboxylic acids is 1. The smallest absolute Gasteiger partial charge is 0.305 e. The average molecular weight is 291 g/mol. The largest absolute Gasteiger partial charge is 0.481 e. The lowest BCUT2D eigenvalue weighted by atomic mass is 9.85. The van der Waals surface area contributed by atoms with Gasteiger partial charge < -0.3 is 15.2 Å². The Hall–Kier alpha value is -1.88. The first-order valence-electron chi connectivity index (χ1n) is 7.19. The fraction of sp³-hybridized carbons (Fsp3) is 0.500. The molecule has 0 radical (unpaired) electrons. The Balaban J connectivity index is 2.09. The van der Waals surface area contributed by atoms with Gasteiger partial charge in [0.05, 0.1) is 17.9 Å². The molecule has 0 saturated carbocycles. The minimum Gasteiger partial charge on any atom is -0.481 e. The third kappa shape index (κ3) is 4.04. The Morgan fingerprint density at radius 2 is 1.90 bits per heavy atom. The van der Waals surface area contributed by atoms with Crippen LogP contribution in [0.15, 0.2) is 30.3 Å². The fourth-order valence-electron chi connectivity index (χ4n) is 2.66. The van der Waals surface area contributed by atoms with Crippen LogP contribution in [-0.4, -0.2) is 35.7 Å². The number of hydrogen-bond donors (Lipinski definition) is 2. The molecule has 1 fully saturated rings. The predicted octanol–water partition coefficient (Wildman–Crippen LogP) is 1.93. The van der Waals surface area contributed by atoms with E-state index in [1.54, 1.807) is 0 Å². The van der Waals surface area contributed by atoms with Gasteiger partial charge in [-0.15, -0.1) is 0 Å². The predicted molar refractivity (Wildman–Crippen MR) is 78.0 cm³/mol.